The highest BCUT2D eigenvalue weighted by molar-refractivity contribution is 9.10. The van der Waals surface area contributed by atoms with E-state index >= 15 is 0 Å². The zero-order chi connectivity index (χ0) is 22.5. The van der Waals surface area contributed by atoms with Crippen LogP contribution in [0.5, 0.6) is 5.75 Å². The van der Waals surface area contributed by atoms with Crippen molar-refractivity contribution in [3.63, 3.8) is 0 Å². The minimum absolute atomic E-state index is 0.113. The Bertz CT molecular complexity index is 1170. The second-order valence-electron chi connectivity index (χ2n) is 6.57. The molecule has 2 aromatic heterocycles. The molecule has 0 aliphatic heterocycles. The molecule has 0 saturated carbocycles. The maximum Gasteiger partial charge on any atom is 0.266 e. The van der Waals surface area contributed by atoms with Crippen molar-refractivity contribution in [2.75, 3.05) is 11.9 Å². The lowest BCUT2D eigenvalue weighted by Crippen LogP contribution is -2.23. The van der Waals surface area contributed by atoms with E-state index in [1.54, 1.807) is 6.92 Å². The Morgan fingerprint density at radius 2 is 2.00 bits per heavy atom. The summed E-state index contributed by atoms with van der Waals surface area (Å²) < 4.78 is 33.0. The van der Waals surface area contributed by atoms with Crippen molar-refractivity contribution in [1.29, 1.82) is 0 Å². The highest BCUT2D eigenvalue weighted by Gasteiger charge is 2.17. The number of aryl methyl sites for hydroxylation is 1. The number of nitrogens with two attached hydrogens (primary N) is 1. The first-order chi connectivity index (χ1) is 14.8. The van der Waals surface area contributed by atoms with Gasteiger partial charge in [0.05, 0.1) is 6.54 Å². The van der Waals surface area contributed by atoms with Gasteiger partial charge in [-0.2, -0.15) is 0 Å². The molecule has 31 heavy (non-hydrogen) atoms. The fourth-order valence-corrected chi connectivity index (χ4v) is 3.20. The number of ether oxygens (including phenoxy) is 1. The van der Waals surface area contributed by atoms with E-state index in [-0.39, 0.29) is 41.3 Å². The molecule has 0 bridgehead atoms. The van der Waals surface area contributed by atoms with Crippen molar-refractivity contribution in [2.24, 2.45) is 5.73 Å². The SMILES string of the molecule is Cc1[nH]c(=O)c(Br)c(OCc2ccc(F)cc2F)c1Cc1cnc(NC(=O)CN)nc1. The van der Waals surface area contributed by atoms with Crippen LogP contribution < -0.4 is 21.3 Å². The van der Waals surface area contributed by atoms with Crippen molar-refractivity contribution in [3.05, 3.63) is 79.4 Å². The van der Waals surface area contributed by atoms with Crippen LogP contribution >= 0.6 is 15.9 Å². The summed E-state index contributed by atoms with van der Waals surface area (Å²) in [6, 6.07) is 3.17. The van der Waals surface area contributed by atoms with Crippen LogP contribution in [0.15, 0.2) is 39.9 Å². The number of anilines is 1. The lowest BCUT2D eigenvalue weighted by Gasteiger charge is -2.16. The van der Waals surface area contributed by atoms with Crippen LogP contribution in [-0.2, 0) is 17.8 Å². The lowest BCUT2D eigenvalue weighted by atomic mass is 10.1. The predicted octanol–water partition coefficient (Wildman–Crippen LogP) is 2.58. The number of amides is 1. The maximum atomic E-state index is 14.0. The Morgan fingerprint density at radius 1 is 1.29 bits per heavy atom. The van der Waals surface area contributed by atoms with Gasteiger partial charge < -0.3 is 15.5 Å². The Kier molecular flexibility index (Phi) is 7.08. The fourth-order valence-electron chi connectivity index (χ4n) is 2.75. The normalized spacial score (nSPS) is 10.7. The first kappa shape index (κ1) is 22.5. The van der Waals surface area contributed by atoms with Crippen LogP contribution in [0.25, 0.3) is 0 Å². The first-order valence-corrected chi connectivity index (χ1v) is 9.86. The number of carbonyl (C=O) groups excluding carboxylic acids is 1. The molecule has 1 amide bonds. The highest BCUT2D eigenvalue weighted by Crippen LogP contribution is 2.30. The van der Waals surface area contributed by atoms with E-state index in [1.165, 1.54) is 18.5 Å². The second kappa shape index (κ2) is 9.75. The summed E-state index contributed by atoms with van der Waals surface area (Å²) in [5.74, 6) is -1.52. The molecule has 0 spiro atoms. The minimum atomic E-state index is -0.747. The number of benzene rings is 1. The van der Waals surface area contributed by atoms with Gasteiger partial charge in [0.15, 0.2) is 0 Å². The molecule has 2 heterocycles. The molecule has 162 valence electrons. The number of nitrogens with zero attached hydrogens (tertiary/aromatic N) is 2. The molecule has 3 rings (SSSR count). The molecule has 0 fully saturated rings. The number of hydrogen-bond acceptors (Lipinski definition) is 6. The van der Waals surface area contributed by atoms with Gasteiger partial charge in [0, 0.05) is 41.7 Å². The van der Waals surface area contributed by atoms with Crippen LogP contribution in [0.4, 0.5) is 14.7 Å². The van der Waals surface area contributed by atoms with Gasteiger partial charge in [0.2, 0.25) is 11.9 Å². The summed E-state index contributed by atoms with van der Waals surface area (Å²) in [6.07, 6.45) is 3.32. The molecule has 0 aliphatic rings. The molecule has 0 aliphatic carbocycles. The van der Waals surface area contributed by atoms with Gasteiger partial charge >= 0.3 is 0 Å². The van der Waals surface area contributed by atoms with Crippen molar-refractivity contribution in [1.82, 2.24) is 15.0 Å². The Morgan fingerprint density at radius 3 is 2.65 bits per heavy atom. The summed E-state index contributed by atoms with van der Waals surface area (Å²) in [4.78, 5) is 34.4. The largest absolute Gasteiger partial charge is 0.487 e. The monoisotopic (exact) mass is 493 g/mol. The Hall–Kier alpha value is -3.18. The van der Waals surface area contributed by atoms with Crippen molar-refractivity contribution in [3.8, 4) is 5.75 Å². The maximum absolute atomic E-state index is 14.0. The Balaban J connectivity index is 1.87. The zero-order valence-electron chi connectivity index (χ0n) is 16.3. The van der Waals surface area contributed by atoms with Crippen LogP contribution in [0.3, 0.4) is 0 Å². The summed E-state index contributed by atoms with van der Waals surface area (Å²) >= 11 is 3.22. The smallest absolute Gasteiger partial charge is 0.266 e. The molecule has 11 heteroatoms. The quantitative estimate of drug-likeness (QED) is 0.464. The summed E-state index contributed by atoms with van der Waals surface area (Å²) in [7, 11) is 0. The molecule has 3 aromatic rings. The fraction of sp³-hybridized carbons (Fsp3) is 0.200. The second-order valence-corrected chi connectivity index (χ2v) is 7.36. The third kappa shape index (κ3) is 5.50. The van der Waals surface area contributed by atoms with E-state index in [2.05, 4.69) is 36.2 Å². The molecule has 4 N–H and O–H groups in total. The van der Waals surface area contributed by atoms with Gasteiger partial charge in [-0.15, -0.1) is 0 Å². The number of carbonyl (C=O) groups is 1. The van der Waals surface area contributed by atoms with E-state index in [0.29, 0.717) is 16.8 Å². The average Bonchev–Trinajstić information content (AvgIpc) is 2.74. The molecule has 0 saturated heterocycles. The summed E-state index contributed by atoms with van der Waals surface area (Å²) in [5.41, 5.74) is 6.81. The third-order valence-electron chi connectivity index (χ3n) is 4.34. The van der Waals surface area contributed by atoms with Crippen LogP contribution in [-0.4, -0.2) is 27.4 Å². The molecule has 1 aromatic carbocycles. The number of H-pyrrole nitrogens is 1. The zero-order valence-corrected chi connectivity index (χ0v) is 17.9. The van der Waals surface area contributed by atoms with Crippen molar-refractivity contribution >= 4 is 27.8 Å². The molecular weight excluding hydrogens is 476 g/mol. The number of pyridine rings is 1. The van der Waals surface area contributed by atoms with E-state index in [4.69, 9.17) is 10.5 Å². The summed E-state index contributed by atoms with van der Waals surface area (Å²) in [5, 5.41) is 2.44. The van der Waals surface area contributed by atoms with Crippen LogP contribution in [0.2, 0.25) is 0 Å². The molecular formula is C20H18BrF2N5O3. The minimum Gasteiger partial charge on any atom is -0.487 e. The standard InChI is InChI=1S/C20H18BrF2N5O3/c1-10-14(4-11-7-25-20(26-8-11)28-16(29)6-24)18(17(21)19(30)27-10)31-9-12-2-3-13(22)5-15(12)23/h2-3,5,7-8H,4,6,9,24H2,1H3,(H,27,30)(H,25,26,28,29). The van der Waals surface area contributed by atoms with Gasteiger partial charge in [0.1, 0.15) is 28.5 Å². The summed E-state index contributed by atoms with van der Waals surface area (Å²) in [6.45, 7) is 1.30. The van der Waals surface area contributed by atoms with Gasteiger partial charge in [-0.1, -0.05) is 0 Å². The molecule has 0 unspecified atom stereocenters. The number of nitrogens with one attached hydrogen (secondary N) is 2. The van der Waals surface area contributed by atoms with Gasteiger partial charge in [-0.05, 0) is 40.5 Å². The van der Waals surface area contributed by atoms with Gasteiger partial charge in [0.25, 0.3) is 5.56 Å². The number of halogens is 3. The van der Waals surface area contributed by atoms with Gasteiger partial charge in [-0.3, -0.25) is 14.9 Å². The number of aromatic nitrogens is 3. The highest BCUT2D eigenvalue weighted by atomic mass is 79.9. The molecule has 0 atom stereocenters. The van der Waals surface area contributed by atoms with E-state index in [9.17, 15) is 18.4 Å². The van der Waals surface area contributed by atoms with Gasteiger partial charge in [-0.25, -0.2) is 18.7 Å². The van der Waals surface area contributed by atoms with Crippen molar-refractivity contribution in [2.45, 2.75) is 20.0 Å². The lowest BCUT2D eigenvalue weighted by molar-refractivity contribution is -0.114. The average molecular weight is 494 g/mol. The number of aromatic amines is 1. The number of rotatable bonds is 7. The van der Waals surface area contributed by atoms with E-state index in [0.717, 1.165) is 12.1 Å². The number of hydrogen-bond donors (Lipinski definition) is 3. The predicted molar refractivity (Wildman–Crippen MR) is 113 cm³/mol. The van der Waals surface area contributed by atoms with E-state index < -0.39 is 23.1 Å². The third-order valence-corrected chi connectivity index (χ3v) is 5.06. The van der Waals surface area contributed by atoms with Crippen LogP contribution in [0.1, 0.15) is 22.4 Å². The van der Waals surface area contributed by atoms with Crippen LogP contribution in [0, 0.1) is 18.6 Å². The Labute approximate surface area is 184 Å². The molecule has 0 radical (unpaired) electrons. The first-order valence-electron chi connectivity index (χ1n) is 9.07. The topological polar surface area (TPSA) is 123 Å². The molecule has 8 nitrogen and oxygen atoms in total. The van der Waals surface area contributed by atoms with Crippen molar-refractivity contribution < 1.29 is 18.3 Å². The van der Waals surface area contributed by atoms with E-state index in [1.807, 2.05) is 0 Å².